The smallest absolute Gasteiger partial charge is 0.255 e. The lowest BCUT2D eigenvalue weighted by molar-refractivity contribution is -0.129. The van der Waals surface area contributed by atoms with E-state index in [9.17, 15) is 9.59 Å². The van der Waals surface area contributed by atoms with E-state index in [0.29, 0.717) is 17.5 Å². The van der Waals surface area contributed by atoms with Gasteiger partial charge in [-0.25, -0.2) is 0 Å². The van der Waals surface area contributed by atoms with Gasteiger partial charge in [-0.2, -0.15) is 0 Å². The second kappa shape index (κ2) is 9.11. The second-order valence-electron chi connectivity index (χ2n) is 6.09. The summed E-state index contributed by atoms with van der Waals surface area (Å²) in [6.07, 6.45) is 7.69. The average Bonchev–Trinajstić information content (AvgIpc) is 2.64. The molecule has 0 radical (unpaired) electrons. The van der Waals surface area contributed by atoms with E-state index in [0.717, 1.165) is 31.4 Å². The number of nitrogens with two attached hydrogens (primary N) is 1. The number of primary amides is 1. The summed E-state index contributed by atoms with van der Waals surface area (Å²) >= 11 is 0. The van der Waals surface area contributed by atoms with Gasteiger partial charge in [-0.15, -0.1) is 0 Å². The molecule has 2 N–H and O–H groups in total. The minimum Gasteiger partial charge on any atom is -0.493 e. The molecule has 6 nitrogen and oxygen atoms in total. The van der Waals surface area contributed by atoms with Crippen molar-refractivity contribution in [3.05, 3.63) is 29.8 Å². The van der Waals surface area contributed by atoms with E-state index in [1.165, 1.54) is 13.5 Å². The molecule has 1 atom stereocenters. The molecule has 136 valence electrons. The van der Waals surface area contributed by atoms with Crippen LogP contribution in [0.15, 0.2) is 24.3 Å². The molecule has 1 unspecified atom stereocenters. The van der Waals surface area contributed by atoms with Gasteiger partial charge < -0.3 is 20.1 Å². The standard InChI is InChI=1S/C19H26N2O4/c1-3-15-6-4-5-11-21(15)19(23)10-8-14-7-9-16(17(12-14)24-2)25-13-18(20)22/h7-10,12,15H,3-6,11,13H2,1-2H3,(H2,20,22)/b10-8+. The lowest BCUT2D eigenvalue weighted by Gasteiger charge is -2.34. The molecular formula is C19H26N2O4. The van der Waals surface area contributed by atoms with Gasteiger partial charge in [-0.05, 0) is 49.5 Å². The molecule has 1 aromatic rings. The minimum atomic E-state index is -0.552. The lowest BCUT2D eigenvalue weighted by atomic mass is 10.00. The molecule has 2 amide bonds. The van der Waals surface area contributed by atoms with Gasteiger partial charge in [-0.1, -0.05) is 13.0 Å². The highest BCUT2D eigenvalue weighted by Crippen LogP contribution is 2.28. The Morgan fingerprint density at radius 1 is 1.32 bits per heavy atom. The second-order valence-corrected chi connectivity index (χ2v) is 6.09. The van der Waals surface area contributed by atoms with Gasteiger partial charge in [0.15, 0.2) is 18.1 Å². The van der Waals surface area contributed by atoms with Crippen LogP contribution in [0.25, 0.3) is 6.08 Å². The third-order valence-corrected chi connectivity index (χ3v) is 4.36. The highest BCUT2D eigenvalue weighted by molar-refractivity contribution is 5.92. The van der Waals surface area contributed by atoms with E-state index < -0.39 is 5.91 Å². The zero-order valence-corrected chi connectivity index (χ0v) is 14.9. The number of ether oxygens (including phenoxy) is 2. The SMILES string of the molecule is CCC1CCCCN1C(=O)/C=C/c1ccc(OCC(N)=O)c(OC)c1. The van der Waals surface area contributed by atoms with Gasteiger partial charge in [0.05, 0.1) is 7.11 Å². The molecule has 1 heterocycles. The molecule has 1 aliphatic heterocycles. The minimum absolute atomic E-state index is 0.0413. The Labute approximate surface area is 148 Å². The maximum atomic E-state index is 12.5. The molecule has 2 rings (SSSR count). The Morgan fingerprint density at radius 2 is 2.12 bits per heavy atom. The van der Waals surface area contributed by atoms with Crippen molar-refractivity contribution in [3.63, 3.8) is 0 Å². The van der Waals surface area contributed by atoms with Crippen molar-refractivity contribution in [1.29, 1.82) is 0 Å². The molecular weight excluding hydrogens is 320 g/mol. The van der Waals surface area contributed by atoms with Crippen LogP contribution in [0.3, 0.4) is 0 Å². The van der Waals surface area contributed by atoms with Crippen LogP contribution in [-0.2, 0) is 9.59 Å². The zero-order valence-electron chi connectivity index (χ0n) is 14.9. The Bertz CT molecular complexity index is 642. The van der Waals surface area contributed by atoms with Crippen LogP contribution in [0.5, 0.6) is 11.5 Å². The van der Waals surface area contributed by atoms with E-state index in [-0.39, 0.29) is 12.5 Å². The number of hydrogen-bond acceptors (Lipinski definition) is 4. The summed E-state index contributed by atoms with van der Waals surface area (Å²) in [5, 5.41) is 0. The molecule has 0 aromatic heterocycles. The summed E-state index contributed by atoms with van der Waals surface area (Å²) in [5.74, 6) is 0.412. The number of likely N-dealkylation sites (tertiary alicyclic amines) is 1. The topological polar surface area (TPSA) is 81.9 Å². The first-order valence-electron chi connectivity index (χ1n) is 8.63. The molecule has 1 saturated heterocycles. The number of methoxy groups -OCH3 is 1. The van der Waals surface area contributed by atoms with Gasteiger partial charge in [0, 0.05) is 18.7 Å². The molecule has 0 aliphatic carbocycles. The third kappa shape index (κ3) is 5.24. The number of hydrogen-bond donors (Lipinski definition) is 1. The summed E-state index contributed by atoms with van der Waals surface area (Å²) in [5.41, 5.74) is 5.90. The van der Waals surface area contributed by atoms with Crippen LogP contribution in [0.4, 0.5) is 0 Å². The van der Waals surface area contributed by atoms with Crippen molar-refractivity contribution in [2.75, 3.05) is 20.3 Å². The normalized spacial score (nSPS) is 17.5. The highest BCUT2D eigenvalue weighted by atomic mass is 16.5. The van der Waals surface area contributed by atoms with Gasteiger partial charge in [-0.3, -0.25) is 9.59 Å². The van der Waals surface area contributed by atoms with Crippen LogP contribution in [0.1, 0.15) is 38.2 Å². The van der Waals surface area contributed by atoms with Crippen LogP contribution in [0.2, 0.25) is 0 Å². The van der Waals surface area contributed by atoms with Gasteiger partial charge in [0.2, 0.25) is 5.91 Å². The summed E-state index contributed by atoms with van der Waals surface area (Å²) in [4.78, 5) is 25.3. The van der Waals surface area contributed by atoms with Crippen molar-refractivity contribution in [2.45, 2.75) is 38.6 Å². The fraction of sp³-hybridized carbons (Fsp3) is 0.474. The van der Waals surface area contributed by atoms with Crippen molar-refractivity contribution in [1.82, 2.24) is 4.90 Å². The molecule has 6 heteroatoms. The fourth-order valence-electron chi connectivity index (χ4n) is 3.03. The van der Waals surface area contributed by atoms with Crippen LogP contribution in [0, 0.1) is 0 Å². The molecule has 1 fully saturated rings. The van der Waals surface area contributed by atoms with E-state index in [2.05, 4.69) is 6.92 Å². The van der Waals surface area contributed by atoms with E-state index in [4.69, 9.17) is 15.2 Å². The number of benzene rings is 1. The van der Waals surface area contributed by atoms with Crippen LogP contribution in [-0.4, -0.2) is 43.0 Å². The number of amides is 2. The quantitative estimate of drug-likeness (QED) is 0.769. The molecule has 0 spiro atoms. The zero-order chi connectivity index (χ0) is 18.2. The fourth-order valence-corrected chi connectivity index (χ4v) is 3.03. The predicted octanol–water partition coefficient (Wildman–Crippen LogP) is 2.36. The first-order valence-corrected chi connectivity index (χ1v) is 8.63. The predicted molar refractivity (Wildman–Crippen MR) is 96.4 cm³/mol. The number of piperidine rings is 1. The Balaban J connectivity index is 2.06. The first-order chi connectivity index (χ1) is 12.0. The molecule has 0 saturated carbocycles. The Morgan fingerprint density at radius 3 is 2.80 bits per heavy atom. The van der Waals surface area contributed by atoms with Crippen molar-refractivity contribution < 1.29 is 19.1 Å². The maximum Gasteiger partial charge on any atom is 0.255 e. The average molecular weight is 346 g/mol. The van der Waals surface area contributed by atoms with Crippen LogP contribution < -0.4 is 15.2 Å². The third-order valence-electron chi connectivity index (χ3n) is 4.36. The Hall–Kier alpha value is -2.50. The largest absolute Gasteiger partial charge is 0.493 e. The van der Waals surface area contributed by atoms with Crippen LogP contribution >= 0.6 is 0 Å². The monoisotopic (exact) mass is 346 g/mol. The van der Waals surface area contributed by atoms with Crippen molar-refractivity contribution in [3.8, 4) is 11.5 Å². The summed E-state index contributed by atoms with van der Waals surface area (Å²) < 4.78 is 10.6. The van der Waals surface area contributed by atoms with Gasteiger partial charge in [0.25, 0.3) is 5.91 Å². The van der Waals surface area contributed by atoms with E-state index in [1.807, 2.05) is 4.90 Å². The molecule has 25 heavy (non-hydrogen) atoms. The summed E-state index contributed by atoms with van der Waals surface area (Å²) in [7, 11) is 1.52. The molecule has 1 aliphatic rings. The van der Waals surface area contributed by atoms with E-state index in [1.54, 1.807) is 30.4 Å². The van der Waals surface area contributed by atoms with Crippen molar-refractivity contribution >= 4 is 17.9 Å². The number of carbonyl (C=O) groups excluding carboxylic acids is 2. The summed E-state index contributed by atoms with van der Waals surface area (Å²) in [6, 6.07) is 5.59. The van der Waals surface area contributed by atoms with E-state index >= 15 is 0 Å². The lowest BCUT2D eigenvalue weighted by Crippen LogP contribution is -2.42. The maximum absolute atomic E-state index is 12.5. The highest BCUT2D eigenvalue weighted by Gasteiger charge is 2.23. The number of carbonyl (C=O) groups is 2. The summed E-state index contributed by atoms with van der Waals surface area (Å²) in [6.45, 7) is 2.73. The van der Waals surface area contributed by atoms with Gasteiger partial charge in [0.1, 0.15) is 0 Å². The first kappa shape index (κ1) is 18.8. The van der Waals surface area contributed by atoms with Crippen molar-refractivity contribution in [2.24, 2.45) is 5.73 Å². The molecule has 1 aromatic carbocycles. The number of rotatable bonds is 7. The molecule has 0 bridgehead atoms. The van der Waals surface area contributed by atoms with Gasteiger partial charge >= 0.3 is 0 Å². The Kier molecular flexibility index (Phi) is 6.86. The number of nitrogens with zero attached hydrogens (tertiary/aromatic N) is 1.